The molecule has 0 unspecified atom stereocenters. The number of rotatable bonds is 4. The maximum atomic E-state index is 12.9. The number of thiocarbonyl (C=S) groups is 1. The van der Waals surface area contributed by atoms with Crippen LogP contribution in [0.25, 0.3) is 5.69 Å². The van der Waals surface area contributed by atoms with Gasteiger partial charge in [-0.1, -0.05) is 12.1 Å². The second kappa shape index (κ2) is 8.41. The highest BCUT2D eigenvalue weighted by molar-refractivity contribution is 7.80. The lowest BCUT2D eigenvalue weighted by Gasteiger charge is -2.12. The normalized spacial score (nSPS) is 10.3. The van der Waals surface area contributed by atoms with Crippen molar-refractivity contribution in [2.75, 3.05) is 0 Å². The van der Waals surface area contributed by atoms with Crippen LogP contribution in [0.2, 0.25) is 0 Å². The summed E-state index contributed by atoms with van der Waals surface area (Å²) in [5.41, 5.74) is 8.41. The van der Waals surface area contributed by atoms with E-state index in [4.69, 9.17) is 12.2 Å². The lowest BCUT2D eigenvalue weighted by Crippen LogP contribution is -2.46. The van der Waals surface area contributed by atoms with Gasteiger partial charge in [-0.25, -0.2) is 9.07 Å². The largest absolute Gasteiger partial charge is 0.357 e. The summed E-state index contributed by atoms with van der Waals surface area (Å²) in [5.74, 6) is -0.606. The number of benzene rings is 2. The van der Waals surface area contributed by atoms with Crippen LogP contribution in [0.3, 0.4) is 0 Å². The van der Waals surface area contributed by atoms with E-state index in [0.717, 1.165) is 16.9 Å². The van der Waals surface area contributed by atoms with Crippen molar-refractivity contribution < 1.29 is 9.18 Å². The van der Waals surface area contributed by atoms with Crippen LogP contribution < -0.4 is 16.2 Å². The van der Waals surface area contributed by atoms with Crippen LogP contribution in [0, 0.1) is 12.7 Å². The number of amides is 1. The first-order valence-corrected chi connectivity index (χ1v) is 8.63. The minimum Gasteiger partial charge on any atom is -0.357 e. The van der Waals surface area contributed by atoms with E-state index >= 15 is 0 Å². The number of hydrogen-bond acceptors (Lipinski definition) is 3. The molecule has 0 atom stereocenters. The van der Waals surface area contributed by atoms with Crippen molar-refractivity contribution in [3.05, 3.63) is 83.4 Å². The molecule has 27 heavy (non-hydrogen) atoms. The van der Waals surface area contributed by atoms with Crippen molar-refractivity contribution in [3.63, 3.8) is 0 Å². The number of hydrogen-bond donors (Lipinski definition) is 3. The number of carbonyl (C=O) groups is 1. The monoisotopic (exact) mass is 383 g/mol. The number of aromatic nitrogens is 2. The topological polar surface area (TPSA) is 71.0 Å². The minimum absolute atomic E-state index is 0.261. The summed E-state index contributed by atoms with van der Waals surface area (Å²) in [6, 6.07) is 15.0. The third-order valence-corrected chi connectivity index (χ3v) is 4.11. The van der Waals surface area contributed by atoms with Gasteiger partial charge in [-0.3, -0.25) is 15.6 Å². The minimum atomic E-state index is -0.315. The fourth-order valence-electron chi connectivity index (χ4n) is 2.41. The fraction of sp³-hybridized carbons (Fsp3) is 0.105. The summed E-state index contributed by atoms with van der Waals surface area (Å²) >= 11 is 5.11. The van der Waals surface area contributed by atoms with Gasteiger partial charge in [0, 0.05) is 24.0 Å². The molecule has 6 nitrogen and oxygen atoms in total. The van der Waals surface area contributed by atoms with Crippen molar-refractivity contribution in [1.29, 1.82) is 0 Å². The zero-order chi connectivity index (χ0) is 19.2. The maximum Gasteiger partial charge on any atom is 0.269 e. The average Bonchev–Trinajstić information content (AvgIpc) is 3.11. The standard InChI is InChI=1S/C19H18FN5OS/c1-13-10-11-22-25(13)17-8-4-15(5-9-17)18(26)23-24-19(27)21-12-14-2-6-16(20)7-3-14/h2-11H,12H2,1H3,(H,23,26)(H2,21,24,27). The molecule has 0 aliphatic heterocycles. The first-order chi connectivity index (χ1) is 13.0. The van der Waals surface area contributed by atoms with E-state index in [9.17, 15) is 9.18 Å². The molecule has 3 aromatic rings. The van der Waals surface area contributed by atoms with E-state index in [1.807, 2.05) is 25.1 Å². The zero-order valence-electron chi connectivity index (χ0n) is 14.6. The Morgan fingerprint density at radius 2 is 1.78 bits per heavy atom. The molecule has 1 aromatic heterocycles. The molecule has 0 saturated carbocycles. The molecular formula is C19H18FN5OS. The predicted molar refractivity (Wildman–Crippen MR) is 105 cm³/mol. The number of nitrogens with one attached hydrogen (secondary N) is 3. The molecule has 0 aliphatic rings. The molecule has 0 saturated heterocycles. The molecule has 0 radical (unpaired) electrons. The van der Waals surface area contributed by atoms with Crippen molar-refractivity contribution in [3.8, 4) is 5.69 Å². The fourth-order valence-corrected chi connectivity index (χ4v) is 2.53. The Bertz CT molecular complexity index is 937. The van der Waals surface area contributed by atoms with Crippen LogP contribution in [-0.4, -0.2) is 20.8 Å². The van der Waals surface area contributed by atoms with E-state index in [0.29, 0.717) is 12.1 Å². The summed E-state index contributed by atoms with van der Waals surface area (Å²) in [7, 11) is 0. The van der Waals surface area contributed by atoms with Gasteiger partial charge in [0.1, 0.15) is 5.82 Å². The highest BCUT2D eigenvalue weighted by atomic mass is 32.1. The molecule has 0 bridgehead atoms. The van der Waals surface area contributed by atoms with Gasteiger partial charge in [0.2, 0.25) is 0 Å². The van der Waals surface area contributed by atoms with E-state index in [1.54, 1.807) is 35.1 Å². The third kappa shape index (κ3) is 4.89. The predicted octanol–water partition coefficient (Wildman–Crippen LogP) is 2.63. The Labute approximate surface area is 161 Å². The quantitative estimate of drug-likeness (QED) is 0.477. The van der Waals surface area contributed by atoms with Gasteiger partial charge in [0.25, 0.3) is 5.91 Å². The van der Waals surface area contributed by atoms with Crippen LogP contribution in [0.5, 0.6) is 0 Å². The van der Waals surface area contributed by atoms with Crippen LogP contribution in [0.1, 0.15) is 21.6 Å². The van der Waals surface area contributed by atoms with Gasteiger partial charge in [-0.05, 0) is 67.2 Å². The Morgan fingerprint density at radius 3 is 2.41 bits per heavy atom. The summed E-state index contributed by atoms with van der Waals surface area (Å²) in [4.78, 5) is 12.2. The average molecular weight is 383 g/mol. The van der Waals surface area contributed by atoms with Gasteiger partial charge < -0.3 is 5.32 Å². The summed E-state index contributed by atoms with van der Waals surface area (Å²) in [5, 5.41) is 7.42. The number of carbonyl (C=O) groups excluding carboxylic acids is 1. The van der Waals surface area contributed by atoms with Crippen LogP contribution >= 0.6 is 12.2 Å². The zero-order valence-corrected chi connectivity index (χ0v) is 15.4. The van der Waals surface area contributed by atoms with Crippen LogP contribution in [0.15, 0.2) is 60.8 Å². The molecule has 3 rings (SSSR count). The summed E-state index contributed by atoms with van der Waals surface area (Å²) in [6.45, 7) is 2.37. The first-order valence-electron chi connectivity index (χ1n) is 8.22. The molecule has 138 valence electrons. The second-order valence-electron chi connectivity index (χ2n) is 5.82. The molecule has 0 fully saturated rings. The number of hydrazine groups is 1. The summed E-state index contributed by atoms with van der Waals surface area (Å²) in [6.07, 6.45) is 1.72. The SMILES string of the molecule is Cc1ccnn1-c1ccc(C(=O)NNC(=S)NCc2ccc(F)cc2)cc1. The molecule has 1 amide bonds. The van der Waals surface area contributed by atoms with Gasteiger partial charge >= 0.3 is 0 Å². The lowest BCUT2D eigenvalue weighted by molar-refractivity contribution is 0.0943. The Kier molecular flexibility index (Phi) is 5.77. The van der Waals surface area contributed by atoms with Gasteiger partial charge in [0.05, 0.1) is 5.69 Å². The highest BCUT2D eigenvalue weighted by Gasteiger charge is 2.07. The number of nitrogens with zero attached hydrogens (tertiary/aromatic N) is 2. The number of aryl methyl sites for hydroxylation is 1. The van der Waals surface area contributed by atoms with E-state index in [-0.39, 0.29) is 16.8 Å². The van der Waals surface area contributed by atoms with E-state index in [2.05, 4.69) is 21.3 Å². The van der Waals surface area contributed by atoms with Crippen molar-refractivity contribution in [1.82, 2.24) is 25.9 Å². The van der Waals surface area contributed by atoms with Crippen molar-refractivity contribution >= 4 is 23.2 Å². The summed E-state index contributed by atoms with van der Waals surface area (Å²) < 4.78 is 14.7. The van der Waals surface area contributed by atoms with Crippen LogP contribution in [-0.2, 0) is 6.54 Å². The van der Waals surface area contributed by atoms with Crippen molar-refractivity contribution in [2.24, 2.45) is 0 Å². The maximum absolute atomic E-state index is 12.9. The number of halogens is 1. The van der Waals surface area contributed by atoms with E-state index < -0.39 is 0 Å². The first kappa shape index (κ1) is 18.5. The van der Waals surface area contributed by atoms with Gasteiger partial charge in [0.15, 0.2) is 5.11 Å². The molecule has 2 aromatic carbocycles. The van der Waals surface area contributed by atoms with Gasteiger partial charge in [-0.15, -0.1) is 0 Å². The second-order valence-corrected chi connectivity index (χ2v) is 6.23. The van der Waals surface area contributed by atoms with Gasteiger partial charge in [-0.2, -0.15) is 5.10 Å². The Morgan fingerprint density at radius 1 is 1.07 bits per heavy atom. The smallest absolute Gasteiger partial charge is 0.269 e. The molecule has 3 N–H and O–H groups in total. The third-order valence-electron chi connectivity index (χ3n) is 3.86. The molecular weight excluding hydrogens is 365 g/mol. The van der Waals surface area contributed by atoms with Crippen LogP contribution in [0.4, 0.5) is 4.39 Å². The van der Waals surface area contributed by atoms with E-state index in [1.165, 1.54) is 12.1 Å². The lowest BCUT2D eigenvalue weighted by atomic mass is 10.2. The van der Waals surface area contributed by atoms with Crippen molar-refractivity contribution in [2.45, 2.75) is 13.5 Å². The Hall–Kier alpha value is -3.26. The molecule has 0 aliphatic carbocycles. The molecule has 8 heteroatoms. The molecule has 0 spiro atoms. The Balaban J connectivity index is 1.49. The highest BCUT2D eigenvalue weighted by Crippen LogP contribution is 2.11. The molecule has 1 heterocycles.